The summed E-state index contributed by atoms with van der Waals surface area (Å²) >= 11 is 0. The molecule has 3 aromatic rings. The predicted molar refractivity (Wildman–Crippen MR) is 118 cm³/mol. The second-order valence-corrected chi connectivity index (χ2v) is 7.42. The number of hydrogen-bond donors (Lipinski definition) is 2. The average Bonchev–Trinajstić information content (AvgIpc) is 3.12. The lowest BCUT2D eigenvalue weighted by atomic mass is 9.98. The molecule has 0 aliphatic heterocycles. The van der Waals surface area contributed by atoms with Gasteiger partial charge in [0.25, 0.3) is 0 Å². The van der Waals surface area contributed by atoms with Gasteiger partial charge < -0.3 is 15.2 Å². The highest BCUT2D eigenvalue weighted by atomic mass is 19.1. The van der Waals surface area contributed by atoms with Gasteiger partial charge in [-0.2, -0.15) is 0 Å². The summed E-state index contributed by atoms with van der Waals surface area (Å²) in [4.78, 5) is 23.1. The van der Waals surface area contributed by atoms with E-state index in [2.05, 4.69) is 29.3 Å². The number of amides is 1. The summed E-state index contributed by atoms with van der Waals surface area (Å²) in [5.74, 6) is 1.42. The molecule has 0 bridgehead atoms. The zero-order valence-corrected chi connectivity index (χ0v) is 17.4. The van der Waals surface area contributed by atoms with Crippen LogP contribution in [0.15, 0.2) is 60.7 Å². The molecular weight excluding hydrogens is 428 g/mol. The third-order valence-electron chi connectivity index (χ3n) is 5.37. The van der Waals surface area contributed by atoms with Gasteiger partial charge in [-0.15, -0.1) is 0 Å². The third-order valence-corrected chi connectivity index (χ3v) is 5.37. The Hall–Kier alpha value is -4.18. The largest absolute Gasteiger partial charge is 0.478 e. The van der Waals surface area contributed by atoms with Gasteiger partial charge in [0.1, 0.15) is 18.2 Å². The van der Waals surface area contributed by atoms with Crippen molar-refractivity contribution >= 4 is 12.1 Å². The smallest absolute Gasteiger partial charge is 0.407 e. The number of carboxylic acids is 1. The molecule has 0 spiro atoms. The Bertz CT molecular complexity index is 1250. The molecule has 1 aliphatic carbocycles. The molecule has 0 atom stereocenters. The number of aromatic carboxylic acids is 1. The Morgan fingerprint density at radius 1 is 0.970 bits per heavy atom. The minimum absolute atomic E-state index is 0.0483. The zero-order valence-electron chi connectivity index (χ0n) is 17.4. The Labute approximate surface area is 189 Å². The van der Waals surface area contributed by atoms with Crippen molar-refractivity contribution in [1.82, 2.24) is 5.32 Å². The molecule has 0 radical (unpaired) electrons. The van der Waals surface area contributed by atoms with E-state index < -0.39 is 29.3 Å². The minimum atomic E-state index is -1.51. The van der Waals surface area contributed by atoms with E-state index in [0.29, 0.717) is 6.07 Å². The lowest BCUT2D eigenvalue weighted by Gasteiger charge is -2.14. The van der Waals surface area contributed by atoms with E-state index in [1.807, 2.05) is 36.4 Å². The Morgan fingerprint density at radius 3 is 2.24 bits per heavy atom. The molecule has 2 N–H and O–H groups in total. The molecule has 0 fully saturated rings. The molecule has 0 saturated heterocycles. The van der Waals surface area contributed by atoms with E-state index in [1.54, 1.807) is 0 Å². The van der Waals surface area contributed by atoms with Crippen molar-refractivity contribution in [1.29, 1.82) is 0 Å². The fraction of sp³-hybridized carbons (Fsp3) is 0.154. The van der Waals surface area contributed by atoms with Crippen LogP contribution in [0.1, 0.15) is 39.4 Å². The topological polar surface area (TPSA) is 75.6 Å². The van der Waals surface area contributed by atoms with Crippen LogP contribution >= 0.6 is 0 Å². The van der Waals surface area contributed by atoms with Crippen molar-refractivity contribution in [3.8, 4) is 23.0 Å². The highest BCUT2D eigenvalue weighted by molar-refractivity contribution is 5.88. The van der Waals surface area contributed by atoms with Gasteiger partial charge in [-0.25, -0.2) is 18.4 Å². The van der Waals surface area contributed by atoms with Crippen LogP contribution in [0.25, 0.3) is 11.1 Å². The van der Waals surface area contributed by atoms with E-state index in [9.17, 15) is 18.4 Å². The molecule has 1 amide bonds. The third kappa shape index (κ3) is 4.70. The highest BCUT2D eigenvalue weighted by Gasteiger charge is 2.28. The van der Waals surface area contributed by atoms with Crippen molar-refractivity contribution in [2.24, 2.45) is 0 Å². The van der Waals surface area contributed by atoms with E-state index in [0.717, 1.165) is 28.3 Å². The number of rotatable bonds is 5. The first-order chi connectivity index (χ1) is 16.0. The monoisotopic (exact) mass is 447 g/mol. The maximum atomic E-state index is 13.8. The number of hydrogen-bond acceptors (Lipinski definition) is 3. The van der Waals surface area contributed by atoms with Crippen molar-refractivity contribution in [2.75, 3.05) is 13.2 Å². The molecule has 0 saturated carbocycles. The maximum absolute atomic E-state index is 13.8. The molecule has 33 heavy (non-hydrogen) atoms. The van der Waals surface area contributed by atoms with Crippen LogP contribution in [-0.4, -0.2) is 30.3 Å². The molecule has 7 heteroatoms. The Kier molecular flexibility index (Phi) is 6.36. The van der Waals surface area contributed by atoms with Crippen LogP contribution in [0, 0.1) is 23.5 Å². The number of carbonyl (C=O) groups is 2. The number of benzene rings is 3. The summed E-state index contributed by atoms with van der Waals surface area (Å²) in [6.45, 7) is 0.336. The second-order valence-electron chi connectivity index (χ2n) is 7.42. The molecule has 4 rings (SSSR count). The number of carbonyl (C=O) groups excluding carboxylic acids is 1. The van der Waals surface area contributed by atoms with Crippen LogP contribution in [0.3, 0.4) is 0 Å². The molecule has 5 nitrogen and oxygen atoms in total. The van der Waals surface area contributed by atoms with Gasteiger partial charge in [-0.3, -0.25) is 0 Å². The summed E-state index contributed by atoms with van der Waals surface area (Å²) in [5.41, 5.74) is 3.61. The molecule has 0 heterocycles. The lowest BCUT2D eigenvalue weighted by Crippen LogP contribution is -2.26. The second kappa shape index (κ2) is 9.53. The standard InChI is InChI=1S/C26H19F2NO4/c27-23-14-24(28)21(25(30)31)13-16(23)7-5-6-12-29-26(32)33-15-22-19-10-3-1-8-17(19)18-9-2-4-11-20(18)22/h1-4,8-11,13-14,22H,6,12,15H2,(H,29,32)(H,30,31). The Balaban J connectivity index is 1.31. The normalized spacial score (nSPS) is 11.7. The number of alkyl carbamates (subject to hydrolysis) is 1. The predicted octanol–water partition coefficient (Wildman–Crippen LogP) is 4.94. The molecular formula is C26H19F2NO4. The molecule has 1 aliphatic rings. The van der Waals surface area contributed by atoms with E-state index in [4.69, 9.17) is 9.84 Å². The number of fused-ring (bicyclic) bond motifs is 3. The van der Waals surface area contributed by atoms with Gasteiger partial charge in [0.05, 0.1) is 11.1 Å². The fourth-order valence-electron chi connectivity index (χ4n) is 3.84. The van der Waals surface area contributed by atoms with Crippen molar-refractivity contribution < 1.29 is 28.2 Å². The van der Waals surface area contributed by atoms with Gasteiger partial charge in [0.15, 0.2) is 0 Å². The van der Waals surface area contributed by atoms with Crippen LogP contribution in [0.5, 0.6) is 0 Å². The summed E-state index contributed by atoms with van der Waals surface area (Å²) in [6, 6.07) is 17.4. The van der Waals surface area contributed by atoms with E-state index in [1.165, 1.54) is 0 Å². The van der Waals surface area contributed by atoms with Crippen molar-refractivity contribution in [2.45, 2.75) is 12.3 Å². The number of nitrogens with one attached hydrogen (secondary N) is 1. The number of ether oxygens (including phenoxy) is 1. The van der Waals surface area contributed by atoms with Crippen LogP contribution in [-0.2, 0) is 4.74 Å². The van der Waals surface area contributed by atoms with Crippen LogP contribution < -0.4 is 5.32 Å². The average molecular weight is 447 g/mol. The zero-order chi connectivity index (χ0) is 23.4. The SMILES string of the molecule is O=C(NCCC#Cc1cc(C(=O)O)c(F)cc1F)OCC1c2ccccc2-c2ccccc21. The Morgan fingerprint density at radius 2 is 1.61 bits per heavy atom. The van der Waals surface area contributed by atoms with Crippen LogP contribution in [0.2, 0.25) is 0 Å². The quantitative estimate of drug-likeness (QED) is 0.429. The summed E-state index contributed by atoms with van der Waals surface area (Å²) in [7, 11) is 0. The maximum Gasteiger partial charge on any atom is 0.407 e. The van der Waals surface area contributed by atoms with Crippen molar-refractivity contribution in [3.05, 3.63) is 94.6 Å². The first-order valence-corrected chi connectivity index (χ1v) is 10.3. The van der Waals surface area contributed by atoms with Gasteiger partial charge in [-0.1, -0.05) is 60.4 Å². The number of carboxylic acid groups (broad SMARTS) is 1. The van der Waals surface area contributed by atoms with E-state index >= 15 is 0 Å². The first kappa shape index (κ1) is 22.0. The molecule has 0 unspecified atom stereocenters. The minimum Gasteiger partial charge on any atom is -0.478 e. The molecule has 3 aromatic carbocycles. The van der Waals surface area contributed by atoms with Crippen molar-refractivity contribution in [3.63, 3.8) is 0 Å². The van der Waals surface area contributed by atoms with Gasteiger partial charge >= 0.3 is 12.1 Å². The summed E-state index contributed by atoms with van der Waals surface area (Å²) in [6.07, 6.45) is -0.427. The fourth-order valence-corrected chi connectivity index (χ4v) is 3.84. The summed E-state index contributed by atoms with van der Waals surface area (Å²) in [5, 5.41) is 11.5. The molecule has 166 valence electrons. The lowest BCUT2D eigenvalue weighted by molar-refractivity contribution is 0.0691. The molecule has 0 aromatic heterocycles. The van der Waals surface area contributed by atoms with E-state index in [-0.39, 0.29) is 31.1 Å². The first-order valence-electron chi connectivity index (χ1n) is 10.3. The number of halogens is 2. The summed E-state index contributed by atoms with van der Waals surface area (Å²) < 4.78 is 32.6. The highest BCUT2D eigenvalue weighted by Crippen LogP contribution is 2.44. The van der Waals surface area contributed by atoms with Gasteiger partial charge in [-0.05, 0) is 28.3 Å². The van der Waals surface area contributed by atoms with Gasteiger partial charge in [0.2, 0.25) is 0 Å². The van der Waals surface area contributed by atoms with Gasteiger partial charge in [0, 0.05) is 24.9 Å². The van der Waals surface area contributed by atoms with Crippen LogP contribution in [0.4, 0.5) is 13.6 Å².